The van der Waals surface area contributed by atoms with E-state index in [1.165, 1.54) is 4.90 Å². The van der Waals surface area contributed by atoms with Crippen LogP contribution in [-0.2, 0) is 4.74 Å². The first-order chi connectivity index (χ1) is 9.02. The SMILES string of the molecule is N#CC1CN(C(=O)c2cc(F)c(F)cc2N)CCO1. The summed E-state index contributed by atoms with van der Waals surface area (Å²) < 4.78 is 31.2. The summed E-state index contributed by atoms with van der Waals surface area (Å²) in [6, 6.07) is 3.43. The van der Waals surface area contributed by atoms with E-state index in [0.29, 0.717) is 0 Å². The maximum Gasteiger partial charge on any atom is 0.256 e. The predicted octanol–water partition coefficient (Wildman–Crippen LogP) is 0.912. The quantitative estimate of drug-likeness (QED) is 0.767. The number of hydrogen-bond donors (Lipinski definition) is 1. The van der Waals surface area contributed by atoms with Crippen LogP contribution in [-0.4, -0.2) is 36.6 Å². The standard InChI is InChI=1S/C12H11F2N3O2/c13-9-3-8(11(16)4-10(9)14)12(18)17-1-2-19-7(5-15)6-17/h3-4,7H,1-2,6,16H2. The number of amides is 1. The molecular weight excluding hydrogens is 256 g/mol. The number of nitrogens with zero attached hydrogens (tertiary/aromatic N) is 2. The first kappa shape index (κ1) is 13.2. The van der Waals surface area contributed by atoms with E-state index in [4.69, 9.17) is 15.7 Å². The first-order valence-electron chi connectivity index (χ1n) is 5.58. The highest BCUT2D eigenvalue weighted by Crippen LogP contribution is 2.20. The summed E-state index contributed by atoms with van der Waals surface area (Å²) in [6.45, 7) is 0.566. The summed E-state index contributed by atoms with van der Waals surface area (Å²) in [7, 11) is 0. The Morgan fingerprint density at radius 3 is 2.84 bits per heavy atom. The Bertz CT molecular complexity index is 557. The summed E-state index contributed by atoms with van der Waals surface area (Å²) in [5.41, 5.74) is 5.27. The third-order valence-electron chi connectivity index (χ3n) is 2.82. The van der Waals surface area contributed by atoms with Crippen LogP contribution >= 0.6 is 0 Å². The Hall–Kier alpha value is -2.20. The molecule has 1 aromatic rings. The average molecular weight is 267 g/mol. The Morgan fingerprint density at radius 1 is 1.47 bits per heavy atom. The van der Waals surface area contributed by atoms with E-state index in [-0.39, 0.29) is 30.9 Å². The van der Waals surface area contributed by atoms with Gasteiger partial charge in [0.25, 0.3) is 5.91 Å². The topological polar surface area (TPSA) is 79.4 Å². The number of nitrogens with two attached hydrogens (primary N) is 1. The van der Waals surface area contributed by atoms with Gasteiger partial charge >= 0.3 is 0 Å². The van der Waals surface area contributed by atoms with Crippen molar-refractivity contribution < 1.29 is 18.3 Å². The molecule has 19 heavy (non-hydrogen) atoms. The second kappa shape index (κ2) is 5.20. The Labute approximate surface area is 108 Å². The van der Waals surface area contributed by atoms with Gasteiger partial charge < -0.3 is 15.4 Å². The molecule has 0 bridgehead atoms. The van der Waals surface area contributed by atoms with E-state index >= 15 is 0 Å². The summed E-state index contributed by atoms with van der Waals surface area (Å²) >= 11 is 0. The first-order valence-corrected chi connectivity index (χ1v) is 5.58. The van der Waals surface area contributed by atoms with Crippen molar-refractivity contribution in [2.75, 3.05) is 25.4 Å². The minimum atomic E-state index is -1.14. The minimum absolute atomic E-state index is 0.0772. The second-order valence-corrected chi connectivity index (χ2v) is 4.09. The van der Waals surface area contributed by atoms with Crippen molar-refractivity contribution in [1.29, 1.82) is 5.26 Å². The fourth-order valence-corrected chi connectivity index (χ4v) is 1.83. The molecule has 1 heterocycles. The molecule has 1 aliphatic heterocycles. The van der Waals surface area contributed by atoms with Gasteiger partial charge in [-0.1, -0.05) is 0 Å². The molecule has 0 saturated carbocycles. The average Bonchev–Trinajstić information content (AvgIpc) is 2.42. The maximum atomic E-state index is 13.2. The fourth-order valence-electron chi connectivity index (χ4n) is 1.83. The molecule has 2 rings (SSSR count). The summed E-state index contributed by atoms with van der Waals surface area (Å²) in [4.78, 5) is 13.5. The smallest absolute Gasteiger partial charge is 0.256 e. The predicted molar refractivity (Wildman–Crippen MR) is 62.0 cm³/mol. The fraction of sp³-hybridized carbons (Fsp3) is 0.333. The number of hydrogen-bond acceptors (Lipinski definition) is 4. The van der Waals surface area contributed by atoms with Crippen LogP contribution in [0.3, 0.4) is 0 Å². The van der Waals surface area contributed by atoms with Gasteiger partial charge in [0.05, 0.1) is 24.8 Å². The van der Waals surface area contributed by atoms with Crippen molar-refractivity contribution in [1.82, 2.24) is 4.90 Å². The zero-order valence-electron chi connectivity index (χ0n) is 9.90. The van der Waals surface area contributed by atoms with Crippen molar-refractivity contribution in [3.63, 3.8) is 0 Å². The van der Waals surface area contributed by atoms with Gasteiger partial charge in [-0.05, 0) is 6.07 Å². The van der Waals surface area contributed by atoms with Crippen molar-refractivity contribution in [2.24, 2.45) is 0 Å². The maximum absolute atomic E-state index is 13.2. The van der Waals surface area contributed by atoms with E-state index in [1.807, 2.05) is 6.07 Å². The molecule has 1 aliphatic rings. The molecule has 0 spiro atoms. The minimum Gasteiger partial charge on any atom is -0.398 e. The molecule has 1 saturated heterocycles. The number of rotatable bonds is 1. The monoisotopic (exact) mass is 267 g/mol. The zero-order chi connectivity index (χ0) is 14.0. The zero-order valence-corrected chi connectivity index (χ0v) is 9.90. The lowest BCUT2D eigenvalue weighted by molar-refractivity contribution is 0.00349. The summed E-state index contributed by atoms with van der Waals surface area (Å²) in [5, 5.41) is 8.75. The number of anilines is 1. The van der Waals surface area contributed by atoms with Crippen LogP contribution in [0.15, 0.2) is 12.1 Å². The molecule has 7 heteroatoms. The molecule has 0 aliphatic carbocycles. The Kier molecular flexibility index (Phi) is 3.62. The van der Waals surface area contributed by atoms with Crippen LogP contribution in [0.1, 0.15) is 10.4 Å². The van der Waals surface area contributed by atoms with Crippen molar-refractivity contribution in [3.8, 4) is 6.07 Å². The molecule has 1 atom stereocenters. The number of nitrogen functional groups attached to an aromatic ring is 1. The molecule has 2 N–H and O–H groups in total. The number of carbonyl (C=O) groups excluding carboxylic acids is 1. The third kappa shape index (κ3) is 2.63. The second-order valence-electron chi connectivity index (χ2n) is 4.09. The van der Waals surface area contributed by atoms with Gasteiger partial charge in [0.1, 0.15) is 0 Å². The molecule has 100 valence electrons. The van der Waals surface area contributed by atoms with Crippen molar-refractivity contribution in [2.45, 2.75) is 6.10 Å². The van der Waals surface area contributed by atoms with Gasteiger partial charge in [-0.2, -0.15) is 5.26 Å². The highest BCUT2D eigenvalue weighted by atomic mass is 19.2. The van der Waals surface area contributed by atoms with Crippen LogP contribution < -0.4 is 5.73 Å². The van der Waals surface area contributed by atoms with Crippen LogP contribution in [0, 0.1) is 23.0 Å². The third-order valence-corrected chi connectivity index (χ3v) is 2.82. The lowest BCUT2D eigenvalue weighted by atomic mass is 10.1. The number of ether oxygens (including phenoxy) is 1. The number of morpholine rings is 1. The number of benzene rings is 1. The molecule has 1 amide bonds. The molecule has 1 fully saturated rings. The largest absolute Gasteiger partial charge is 0.398 e. The van der Waals surface area contributed by atoms with Gasteiger partial charge in [-0.25, -0.2) is 8.78 Å². The molecule has 1 unspecified atom stereocenters. The van der Waals surface area contributed by atoms with Gasteiger partial charge in [-0.15, -0.1) is 0 Å². The molecular formula is C12H11F2N3O2. The molecule has 0 aromatic heterocycles. The van der Waals surface area contributed by atoms with E-state index in [0.717, 1.165) is 12.1 Å². The summed E-state index contributed by atoms with van der Waals surface area (Å²) in [6.07, 6.45) is -0.718. The number of halogens is 2. The normalized spacial score (nSPS) is 19.0. The van der Waals surface area contributed by atoms with Gasteiger partial charge in [-0.3, -0.25) is 4.79 Å². The van der Waals surface area contributed by atoms with Gasteiger partial charge in [0.15, 0.2) is 17.7 Å². The van der Waals surface area contributed by atoms with Crippen molar-refractivity contribution >= 4 is 11.6 Å². The lowest BCUT2D eigenvalue weighted by Crippen LogP contribution is -2.45. The van der Waals surface area contributed by atoms with Crippen LogP contribution in [0.2, 0.25) is 0 Å². The van der Waals surface area contributed by atoms with E-state index in [9.17, 15) is 13.6 Å². The van der Waals surface area contributed by atoms with Crippen LogP contribution in [0.25, 0.3) is 0 Å². The van der Waals surface area contributed by atoms with Crippen molar-refractivity contribution in [3.05, 3.63) is 29.3 Å². The highest BCUT2D eigenvalue weighted by molar-refractivity contribution is 5.99. The molecule has 5 nitrogen and oxygen atoms in total. The highest BCUT2D eigenvalue weighted by Gasteiger charge is 2.26. The van der Waals surface area contributed by atoms with Gasteiger partial charge in [0, 0.05) is 18.3 Å². The summed E-state index contributed by atoms with van der Waals surface area (Å²) in [5.74, 6) is -2.78. The van der Waals surface area contributed by atoms with E-state index in [2.05, 4.69) is 0 Å². The number of nitriles is 1. The van der Waals surface area contributed by atoms with E-state index in [1.54, 1.807) is 0 Å². The lowest BCUT2D eigenvalue weighted by Gasteiger charge is -2.30. The van der Waals surface area contributed by atoms with E-state index < -0.39 is 23.6 Å². The van der Waals surface area contributed by atoms with Crippen LogP contribution in [0.4, 0.5) is 14.5 Å². The molecule has 1 aromatic carbocycles. The number of carbonyl (C=O) groups is 1. The Balaban J connectivity index is 2.25. The van der Waals surface area contributed by atoms with Crippen LogP contribution in [0.5, 0.6) is 0 Å². The van der Waals surface area contributed by atoms with Gasteiger partial charge in [0.2, 0.25) is 0 Å². The Morgan fingerprint density at radius 2 is 2.16 bits per heavy atom. The molecule has 0 radical (unpaired) electrons.